The first-order valence-corrected chi connectivity index (χ1v) is 11.8. The van der Waals surface area contributed by atoms with Crippen LogP contribution in [0.5, 0.6) is 11.5 Å². The minimum absolute atomic E-state index is 0.0458. The number of aromatic hydroxyl groups is 1. The van der Waals surface area contributed by atoms with Crippen molar-refractivity contribution in [2.24, 2.45) is 0 Å². The molecule has 0 spiro atoms. The van der Waals surface area contributed by atoms with Gasteiger partial charge >= 0.3 is 0 Å². The first-order chi connectivity index (χ1) is 15.7. The highest BCUT2D eigenvalue weighted by molar-refractivity contribution is 6.10. The summed E-state index contributed by atoms with van der Waals surface area (Å²) in [5.41, 5.74) is 2.99. The zero-order chi connectivity index (χ0) is 22.6. The molecule has 3 rings (SSSR count). The molecule has 0 aliphatic carbocycles. The maximum Gasteiger partial charge on any atom is 0.196 e. The monoisotopic (exact) mass is 430 g/mol. The summed E-state index contributed by atoms with van der Waals surface area (Å²) < 4.78 is 5.77. The van der Waals surface area contributed by atoms with E-state index in [0.29, 0.717) is 17.9 Å². The van der Waals surface area contributed by atoms with E-state index in [1.165, 1.54) is 44.6 Å². The predicted molar refractivity (Wildman–Crippen MR) is 132 cm³/mol. The Morgan fingerprint density at radius 3 is 2.03 bits per heavy atom. The van der Waals surface area contributed by atoms with Crippen molar-refractivity contribution in [2.75, 3.05) is 6.61 Å². The molecular formula is C29H34O3. The maximum atomic E-state index is 12.9. The topological polar surface area (TPSA) is 46.5 Å². The number of rotatable bonds is 13. The minimum Gasteiger partial charge on any atom is -0.507 e. The second kappa shape index (κ2) is 12.7. The Hall–Kier alpha value is -3.07. The molecule has 0 unspecified atom stereocenters. The zero-order valence-corrected chi connectivity index (χ0v) is 19.1. The molecule has 0 heterocycles. The van der Waals surface area contributed by atoms with E-state index in [2.05, 4.69) is 6.92 Å². The fraction of sp³-hybridized carbons (Fsp3) is 0.345. The molecule has 0 saturated heterocycles. The van der Waals surface area contributed by atoms with Crippen molar-refractivity contribution >= 4 is 5.78 Å². The lowest BCUT2D eigenvalue weighted by molar-refractivity contribution is 0.103. The summed E-state index contributed by atoms with van der Waals surface area (Å²) in [6.07, 6.45) is 9.99. The van der Waals surface area contributed by atoms with Crippen molar-refractivity contribution in [2.45, 2.75) is 58.3 Å². The van der Waals surface area contributed by atoms with E-state index in [-0.39, 0.29) is 17.1 Å². The largest absolute Gasteiger partial charge is 0.507 e. The van der Waals surface area contributed by atoms with Crippen LogP contribution in [0.1, 0.15) is 74.2 Å². The van der Waals surface area contributed by atoms with Gasteiger partial charge < -0.3 is 9.84 Å². The number of carbonyl (C=O) groups excluding carboxylic acids is 1. The molecular weight excluding hydrogens is 396 g/mol. The lowest BCUT2D eigenvalue weighted by Gasteiger charge is -2.10. The van der Waals surface area contributed by atoms with Gasteiger partial charge in [-0.1, -0.05) is 106 Å². The highest BCUT2D eigenvalue weighted by atomic mass is 16.5. The van der Waals surface area contributed by atoms with Crippen LogP contribution >= 0.6 is 0 Å². The molecule has 0 aromatic heterocycles. The van der Waals surface area contributed by atoms with Crippen molar-refractivity contribution in [1.82, 2.24) is 0 Å². The third kappa shape index (κ3) is 6.98. The number of ketones is 1. The van der Waals surface area contributed by atoms with Crippen LogP contribution in [-0.4, -0.2) is 17.5 Å². The smallest absolute Gasteiger partial charge is 0.196 e. The molecule has 3 nitrogen and oxygen atoms in total. The summed E-state index contributed by atoms with van der Waals surface area (Å²) in [4.78, 5) is 12.9. The maximum absolute atomic E-state index is 12.9. The number of phenols is 1. The van der Waals surface area contributed by atoms with Gasteiger partial charge in [0.2, 0.25) is 0 Å². The van der Waals surface area contributed by atoms with Crippen LogP contribution in [0.15, 0.2) is 72.8 Å². The molecule has 0 aliphatic heterocycles. The van der Waals surface area contributed by atoms with E-state index >= 15 is 0 Å². The van der Waals surface area contributed by atoms with E-state index in [0.717, 1.165) is 24.0 Å². The molecule has 3 aromatic rings. The summed E-state index contributed by atoms with van der Waals surface area (Å²) in [7, 11) is 0. The average molecular weight is 431 g/mol. The Morgan fingerprint density at radius 1 is 0.750 bits per heavy atom. The van der Waals surface area contributed by atoms with Crippen molar-refractivity contribution in [1.29, 1.82) is 0 Å². The first-order valence-electron chi connectivity index (χ1n) is 11.8. The van der Waals surface area contributed by atoms with E-state index in [9.17, 15) is 9.90 Å². The Kier molecular flexibility index (Phi) is 9.37. The van der Waals surface area contributed by atoms with Crippen molar-refractivity contribution in [3.63, 3.8) is 0 Å². The lowest BCUT2D eigenvalue weighted by atomic mass is 9.99. The second-order valence-electron chi connectivity index (χ2n) is 8.27. The number of ether oxygens (including phenoxy) is 1. The van der Waals surface area contributed by atoms with Gasteiger partial charge in [0, 0.05) is 11.6 Å². The quantitative estimate of drug-likeness (QED) is 0.222. The summed E-state index contributed by atoms with van der Waals surface area (Å²) in [5, 5.41) is 10.4. The average Bonchev–Trinajstić information content (AvgIpc) is 2.83. The Labute approximate surface area is 192 Å². The van der Waals surface area contributed by atoms with Gasteiger partial charge in [-0.3, -0.25) is 4.79 Å². The Balaban J connectivity index is 1.48. The van der Waals surface area contributed by atoms with Gasteiger partial charge in [-0.2, -0.15) is 0 Å². The van der Waals surface area contributed by atoms with Crippen LogP contribution in [0.3, 0.4) is 0 Å². The fourth-order valence-electron chi connectivity index (χ4n) is 3.82. The van der Waals surface area contributed by atoms with Crippen molar-refractivity contribution in [3.05, 3.63) is 83.9 Å². The van der Waals surface area contributed by atoms with Crippen LogP contribution in [0.2, 0.25) is 0 Å². The normalized spacial score (nSPS) is 10.8. The van der Waals surface area contributed by atoms with Gasteiger partial charge in [-0.15, -0.1) is 0 Å². The van der Waals surface area contributed by atoms with Crippen molar-refractivity contribution in [3.8, 4) is 22.6 Å². The van der Waals surface area contributed by atoms with Crippen LogP contribution in [0.4, 0.5) is 0 Å². The Morgan fingerprint density at radius 2 is 1.38 bits per heavy atom. The molecule has 0 atom stereocenters. The first kappa shape index (κ1) is 23.6. The van der Waals surface area contributed by atoms with E-state index in [1.54, 1.807) is 24.3 Å². The standard InChI is InChI=1S/C29H34O3/c1-2-3-4-5-6-7-8-12-21-32-26-19-20-27(28(30)22-26)29(31)25-17-15-24(16-18-25)23-13-10-9-11-14-23/h9-11,13-20,22,30H,2-8,12,21H2,1H3. The van der Waals surface area contributed by atoms with E-state index < -0.39 is 0 Å². The molecule has 3 heteroatoms. The number of benzene rings is 3. The number of phenolic OH excluding ortho intramolecular Hbond substituents is 1. The van der Waals surface area contributed by atoms with Gasteiger partial charge in [0.15, 0.2) is 5.78 Å². The highest BCUT2D eigenvalue weighted by Crippen LogP contribution is 2.27. The second-order valence-corrected chi connectivity index (χ2v) is 8.27. The van der Waals surface area contributed by atoms with Gasteiger partial charge in [-0.05, 0) is 29.7 Å². The fourth-order valence-corrected chi connectivity index (χ4v) is 3.82. The highest BCUT2D eigenvalue weighted by Gasteiger charge is 2.14. The Bertz CT molecular complexity index is 961. The number of hydrogen-bond acceptors (Lipinski definition) is 3. The molecule has 1 N–H and O–H groups in total. The van der Waals surface area contributed by atoms with Gasteiger partial charge in [0.05, 0.1) is 12.2 Å². The summed E-state index contributed by atoms with van der Waals surface area (Å²) in [6, 6.07) is 22.4. The van der Waals surface area contributed by atoms with E-state index in [4.69, 9.17) is 4.74 Å². The van der Waals surface area contributed by atoms with Crippen LogP contribution in [0.25, 0.3) is 11.1 Å². The molecule has 32 heavy (non-hydrogen) atoms. The summed E-state index contributed by atoms with van der Waals surface area (Å²) >= 11 is 0. The summed E-state index contributed by atoms with van der Waals surface area (Å²) in [5.74, 6) is 0.355. The molecule has 0 fully saturated rings. The van der Waals surface area contributed by atoms with Gasteiger partial charge in [0.25, 0.3) is 0 Å². The van der Waals surface area contributed by atoms with Crippen LogP contribution < -0.4 is 4.74 Å². The van der Waals surface area contributed by atoms with Crippen molar-refractivity contribution < 1.29 is 14.6 Å². The zero-order valence-electron chi connectivity index (χ0n) is 19.1. The molecule has 0 aliphatic rings. The third-order valence-corrected chi connectivity index (χ3v) is 5.73. The third-order valence-electron chi connectivity index (χ3n) is 5.73. The molecule has 0 bridgehead atoms. The SMILES string of the molecule is CCCCCCCCCCOc1ccc(C(=O)c2ccc(-c3ccccc3)cc2)c(O)c1. The lowest BCUT2D eigenvalue weighted by Crippen LogP contribution is -2.03. The van der Waals surface area contributed by atoms with Crippen LogP contribution in [0, 0.1) is 0 Å². The minimum atomic E-state index is -0.197. The number of hydrogen-bond donors (Lipinski definition) is 1. The van der Waals surface area contributed by atoms with E-state index in [1.807, 2.05) is 42.5 Å². The van der Waals surface area contributed by atoms with Crippen LogP contribution in [-0.2, 0) is 0 Å². The van der Waals surface area contributed by atoms with Gasteiger partial charge in [-0.25, -0.2) is 0 Å². The van der Waals surface area contributed by atoms with Gasteiger partial charge in [0.1, 0.15) is 11.5 Å². The molecule has 0 saturated carbocycles. The number of carbonyl (C=O) groups is 1. The predicted octanol–water partition coefficient (Wildman–Crippen LogP) is 7.81. The number of unbranched alkanes of at least 4 members (excludes halogenated alkanes) is 7. The molecule has 0 radical (unpaired) electrons. The molecule has 0 amide bonds. The molecule has 3 aromatic carbocycles. The summed E-state index contributed by atoms with van der Waals surface area (Å²) in [6.45, 7) is 2.86. The molecule has 168 valence electrons.